The van der Waals surface area contributed by atoms with E-state index in [0.717, 1.165) is 23.6 Å². The lowest BCUT2D eigenvalue weighted by Crippen LogP contribution is -2.22. The molecule has 25 heavy (non-hydrogen) atoms. The maximum absolute atomic E-state index is 4.68. The van der Waals surface area contributed by atoms with E-state index in [2.05, 4.69) is 68.8 Å². The molecule has 1 aromatic carbocycles. The van der Waals surface area contributed by atoms with Crippen LogP contribution in [0, 0.1) is 0 Å². The molecule has 4 aromatic rings. The van der Waals surface area contributed by atoms with Crippen molar-refractivity contribution in [3.8, 4) is 5.69 Å². The molecule has 126 valence electrons. The number of pyridine rings is 1. The second-order valence-corrected chi connectivity index (χ2v) is 6.22. The lowest BCUT2D eigenvalue weighted by molar-refractivity contribution is 0.250. The summed E-state index contributed by atoms with van der Waals surface area (Å²) in [5.41, 5.74) is 4.32. The lowest BCUT2D eigenvalue weighted by Gasteiger charge is -2.24. The fraction of sp³-hybridized carbons (Fsp3) is 0.211. The Morgan fingerprint density at radius 3 is 2.68 bits per heavy atom. The average Bonchev–Trinajstić information content (AvgIpc) is 3.30. The smallest absolute Gasteiger partial charge is 0.138 e. The molecule has 3 aromatic heterocycles. The minimum Gasteiger partial charge on any atom is -0.307 e. The van der Waals surface area contributed by atoms with Gasteiger partial charge in [-0.2, -0.15) is 5.10 Å². The molecule has 0 saturated heterocycles. The first kappa shape index (κ1) is 15.5. The van der Waals surface area contributed by atoms with E-state index in [-0.39, 0.29) is 6.04 Å². The van der Waals surface area contributed by atoms with Crippen molar-refractivity contribution in [2.24, 2.45) is 0 Å². The van der Waals surface area contributed by atoms with Crippen LogP contribution in [0.4, 0.5) is 0 Å². The molecule has 0 aliphatic carbocycles. The van der Waals surface area contributed by atoms with Gasteiger partial charge in [0.1, 0.15) is 18.3 Å². The summed E-state index contributed by atoms with van der Waals surface area (Å²) in [5.74, 6) is 0. The third kappa shape index (κ3) is 3.16. The minimum atomic E-state index is 0.287. The van der Waals surface area contributed by atoms with Gasteiger partial charge in [0.25, 0.3) is 0 Å². The molecule has 4 rings (SSSR count). The van der Waals surface area contributed by atoms with Crippen LogP contribution in [0.15, 0.2) is 67.5 Å². The maximum Gasteiger partial charge on any atom is 0.138 e. The molecule has 0 spiro atoms. The molecule has 6 nitrogen and oxygen atoms in total. The molecule has 0 N–H and O–H groups in total. The summed E-state index contributed by atoms with van der Waals surface area (Å²) < 4.78 is 3.82. The Morgan fingerprint density at radius 1 is 1.12 bits per heavy atom. The summed E-state index contributed by atoms with van der Waals surface area (Å²) in [5, 5.41) is 4.16. The van der Waals surface area contributed by atoms with Crippen LogP contribution in [-0.4, -0.2) is 36.1 Å². The standard InChI is InChI=1S/C19H20N6/c1-15(16-6-8-18(9-7-16)25-14-20-13-21-25)23(2)11-17-12-24-10-4-3-5-19(24)22-17/h3-10,12-15H,11H2,1-2H3. The number of hydrogen-bond acceptors (Lipinski definition) is 4. The topological polar surface area (TPSA) is 51.2 Å². The first-order valence-electron chi connectivity index (χ1n) is 8.28. The zero-order valence-corrected chi connectivity index (χ0v) is 14.3. The van der Waals surface area contributed by atoms with Gasteiger partial charge in [-0.15, -0.1) is 0 Å². The van der Waals surface area contributed by atoms with E-state index >= 15 is 0 Å². The molecule has 6 heteroatoms. The van der Waals surface area contributed by atoms with E-state index < -0.39 is 0 Å². The van der Waals surface area contributed by atoms with Crippen molar-refractivity contribution in [2.75, 3.05) is 7.05 Å². The number of imidazole rings is 1. The number of hydrogen-bond donors (Lipinski definition) is 0. The van der Waals surface area contributed by atoms with Crippen LogP contribution in [0.25, 0.3) is 11.3 Å². The molecule has 0 fully saturated rings. The van der Waals surface area contributed by atoms with Crippen molar-refractivity contribution >= 4 is 5.65 Å². The van der Waals surface area contributed by atoms with Gasteiger partial charge < -0.3 is 4.40 Å². The van der Waals surface area contributed by atoms with E-state index in [0.29, 0.717) is 0 Å². The summed E-state index contributed by atoms with van der Waals surface area (Å²) >= 11 is 0. The van der Waals surface area contributed by atoms with Crippen molar-refractivity contribution in [3.63, 3.8) is 0 Å². The minimum absolute atomic E-state index is 0.287. The SMILES string of the molecule is CC(c1ccc(-n2cncn2)cc1)N(C)Cc1cn2ccccc2n1. The van der Waals surface area contributed by atoms with Crippen LogP contribution in [0.5, 0.6) is 0 Å². The van der Waals surface area contributed by atoms with Gasteiger partial charge in [0.15, 0.2) is 0 Å². The molecule has 1 atom stereocenters. The van der Waals surface area contributed by atoms with Gasteiger partial charge in [-0.05, 0) is 43.8 Å². The zero-order valence-electron chi connectivity index (χ0n) is 14.3. The van der Waals surface area contributed by atoms with E-state index in [1.807, 2.05) is 24.4 Å². The van der Waals surface area contributed by atoms with Crippen LogP contribution >= 0.6 is 0 Å². The van der Waals surface area contributed by atoms with E-state index in [4.69, 9.17) is 0 Å². The fourth-order valence-corrected chi connectivity index (χ4v) is 2.96. The monoisotopic (exact) mass is 332 g/mol. The largest absolute Gasteiger partial charge is 0.307 e. The first-order valence-corrected chi connectivity index (χ1v) is 8.28. The Labute approximate surface area is 146 Å². The summed E-state index contributed by atoms with van der Waals surface area (Å²) in [7, 11) is 2.13. The highest BCUT2D eigenvalue weighted by atomic mass is 15.3. The average molecular weight is 332 g/mol. The Bertz CT molecular complexity index is 922. The summed E-state index contributed by atoms with van der Waals surface area (Å²) in [6.45, 7) is 3.01. The number of nitrogens with zero attached hydrogens (tertiary/aromatic N) is 6. The highest BCUT2D eigenvalue weighted by molar-refractivity contribution is 5.39. The summed E-state index contributed by atoms with van der Waals surface area (Å²) in [6.07, 6.45) is 7.36. The highest BCUT2D eigenvalue weighted by Gasteiger charge is 2.14. The second-order valence-electron chi connectivity index (χ2n) is 6.22. The highest BCUT2D eigenvalue weighted by Crippen LogP contribution is 2.22. The van der Waals surface area contributed by atoms with Gasteiger partial charge in [-0.1, -0.05) is 18.2 Å². The fourth-order valence-electron chi connectivity index (χ4n) is 2.96. The van der Waals surface area contributed by atoms with Gasteiger partial charge in [0, 0.05) is 25.0 Å². The van der Waals surface area contributed by atoms with Crippen molar-refractivity contribution in [1.82, 2.24) is 29.0 Å². The van der Waals surface area contributed by atoms with Gasteiger partial charge >= 0.3 is 0 Å². The number of benzene rings is 1. The summed E-state index contributed by atoms with van der Waals surface area (Å²) in [6, 6.07) is 14.8. The molecule has 0 aliphatic heterocycles. The molecule has 1 unspecified atom stereocenters. The predicted octanol–water partition coefficient (Wildman–Crippen LogP) is 3.11. The van der Waals surface area contributed by atoms with Crippen molar-refractivity contribution in [3.05, 3.63) is 78.8 Å². The van der Waals surface area contributed by atoms with Gasteiger partial charge in [0.05, 0.1) is 11.4 Å². The van der Waals surface area contributed by atoms with Crippen LogP contribution in [-0.2, 0) is 6.54 Å². The van der Waals surface area contributed by atoms with Crippen molar-refractivity contribution in [2.45, 2.75) is 19.5 Å². The van der Waals surface area contributed by atoms with Crippen LogP contribution in [0.1, 0.15) is 24.2 Å². The Kier molecular flexibility index (Phi) is 4.03. The lowest BCUT2D eigenvalue weighted by atomic mass is 10.1. The molecule has 0 aliphatic rings. The number of fused-ring (bicyclic) bond motifs is 1. The zero-order chi connectivity index (χ0) is 17.2. The van der Waals surface area contributed by atoms with Crippen LogP contribution < -0.4 is 0 Å². The molecule has 0 amide bonds. The van der Waals surface area contributed by atoms with Crippen molar-refractivity contribution in [1.29, 1.82) is 0 Å². The summed E-state index contributed by atoms with van der Waals surface area (Å²) in [4.78, 5) is 11.0. The predicted molar refractivity (Wildman–Crippen MR) is 96.4 cm³/mol. The first-order chi connectivity index (χ1) is 12.2. The Morgan fingerprint density at radius 2 is 1.96 bits per heavy atom. The van der Waals surface area contributed by atoms with Gasteiger partial charge in [0.2, 0.25) is 0 Å². The quantitative estimate of drug-likeness (QED) is 0.563. The molecular formula is C19H20N6. The van der Waals surface area contributed by atoms with Gasteiger partial charge in [-0.3, -0.25) is 4.90 Å². The van der Waals surface area contributed by atoms with Crippen LogP contribution in [0.2, 0.25) is 0 Å². The van der Waals surface area contributed by atoms with Crippen molar-refractivity contribution < 1.29 is 0 Å². The van der Waals surface area contributed by atoms with E-state index in [1.165, 1.54) is 5.56 Å². The normalized spacial score (nSPS) is 12.8. The molecular weight excluding hydrogens is 312 g/mol. The Hall–Kier alpha value is -2.99. The van der Waals surface area contributed by atoms with Crippen LogP contribution in [0.3, 0.4) is 0 Å². The molecule has 0 saturated carbocycles. The second kappa shape index (κ2) is 6.49. The third-order valence-corrected chi connectivity index (χ3v) is 4.55. The van der Waals surface area contributed by atoms with Gasteiger partial charge in [-0.25, -0.2) is 14.6 Å². The molecule has 0 radical (unpaired) electrons. The Balaban J connectivity index is 1.48. The van der Waals surface area contributed by atoms with E-state index in [9.17, 15) is 0 Å². The number of aromatic nitrogens is 5. The van der Waals surface area contributed by atoms with E-state index in [1.54, 1.807) is 17.3 Å². The molecule has 0 bridgehead atoms. The molecule has 3 heterocycles. The third-order valence-electron chi connectivity index (χ3n) is 4.55. The maximum atomic E-state index is 4.68. The number of rotatable bonds is 5.